The molecule has 0 aliphatic rings. The summed E-state index contributed by atoms with van der Waals surface area (Å²) in [6.45, 7) is 11.8. The van der Waals surface area contributed by atoms with Crippen molar-refractivity contribution in [3.05, 3.63) is 28.2 Å². The molecule has 0 bridgehead atoms. The maximum atomic E-state index is 6.12. The van der Waals surface area contributed by atoms with Crippen LogP contribution in [0, 0.1) is 0 Å². The average Bonchev–Trinajstić information content (AvgIpc) is 2.41. The molecule has 0 amide bonds. The quantitative estimate of drug-likeness (QED) is 0.708. The molecule has 1 rings (SSSR count). The molecule has 0 heterocycles. The predicted octanol–water partition coefficient (Wildman–Crippen LogP) is 5.12. The lowest BCUT2D eigenvalue weighted by Crippen LogP contribution is -2.36. The zero-order valence-electron chi connectivity index (χ0n) is 13.4. The summed E-state index contributed by atoms with van der Waals surface area (Å²) in [7, 11) is 0. The van der Waals surface area contributed by atoms with Crippen LogP contribution in [0.5, 0.6) is 5.75 Å². The fourth-order valence-corrected chi connectivity index (χ4v) is 2.63. The van der Waals surface area contributed by atoms with Crippen LogP contribution in [0.4, 0.5) is 0 Å². The Balaban J connectivity index is 2.63. The van der Waals surface area contributed by atoms with Crippen LogP contribution in [0.3, 0.4) is 0 Å². The van der Waals surface area contributed by atoms with Crippen molar-refractivity contribution in [2.75, 3.05) is 6.54 Å². The SMILES string of the molecule is CCC(CC)NCC(C)Oc1ccc(Br)cc1C(C)C. The van der Waals surface area contributed by atoms with Crippen molar-refractivity contribution in [1.29, 1.82) is 0 Å². The largest absolute Gasteiger partial charge is 0.489 e. The van der Waals surface area contributed by atoms with Gasteiger partial charge in [0, 0.05) is 17.1 Å². The van der Waals surface area contributed by atoms with Crippen LogP contribution in [0.15, 0.2) is 22.7 Å². The molecule has 0 aliphatic carbocycles. The normalized spacial score (nSPS) is 13.0. The van der Waals surface area contributed by atoms with Crippen LogP contribution in [0.1, 0.15) is 58.9 Å². The van der Waals surface area contributed by atoms with E-state index in [1.165, 1.54) is 18.4 Å². The number of ether oxygens (including phenoxy) is 1. The van der Waals surface area contributed by atoms with Crippen molar-refractivity contribution in [3.63, 3.8) is 0 Å². The topological polar surface area (TPSA) is 21.3 Å². The van der Waals surface area contributed by atoms with Crippen LogP contribution in [-0.4, -0.2) is 18.7 Å². The molecule has 1 aromatic rings. The van der Waals surface area contributed by atoms with Gasteiger partial charge in [0.1, 0.15) is 11.9 Å². The molecule has 0 spiro atoms. The van der Waals surface area contributed by atoms with E-state index in [4.69, 9.17) is 4.74 Å². The highest BCUT2D eigenvalue weighted by Gasteiger charge is 2.12. The summed E-state index contributed by atoms with van der Waals surface area (Å²) < 4.78 is 7.23. The van der Waals surface area contributed by atoms with Crippen LogP contribution < -0.4 is 10.1 Å². The molecule has 20 heavy (non-hydrogen) atoms. The van der Waals surface area contributed by atoms with Gasteiger partial charge in [-0.25, -0.2) is 0 Å². The Labute approximate surface area is 132 Å². The molecule has 2 nitrogen and oxygen atoms in total. The van der Waals surface area contributed by atoms with Gasteiger partial charge in [-0.3, -0.25) is 0 Å². The molecule has 0 radical (unpaired) electrons. The highest BCUT2D eigenvalue weighted by molar-refractivity contribution is 9.10. The minimum atomic E-state index is 0.175. The molecule has 3 heteroatoms. The van der Waals surface area contributed by atoms with E-state index >= 15 is 0 Å². The average molecular weight is 342 g/mol. The Morgan fingerprint density at radius 1 is 1.15 bits per heavy atom. The zero-order valence-corrected chi connectivity index (χ0v) is 15.0. The molecule has 0 saturated carbocycles. The summed E-state index contributed by atoms with van der Waals surface area (Å²) in [5, 5.41) is 3.56. The molecule has 1 aromatic carbocycles. The number of rotatable bonds is 8. The first-order valence-electron chi connectivity index (χ1n) is 7.67. The summed E-state index contributed by atoms with van der Waals surface area (Å²) in [6, 6.07) is 6.85. The lowest BCUT2D eigenvalue weighted by molar-refractivity contribution is 0.207. The Hall–Kier alpha value is -0.540. The summed E-state index contributed by atoms with van der Waals surface area (Å²) in [5.74, 6) is 1.46. The molecule has 1 atom stereocenters. The Kier molecular flexibility index (Phi) is 7.60. The highest BCUT2D eigenvalue weighted by atomic mass is 79.9. The van der Waals surface area contributed by atoms with Crippen LogP contribution in [0.2, 0.25) is 0 Å². The molecule has 114 valence electrons. The van der Waals surface area contributed by atoms with Gasteiger partial charge in [0.05, 0.1) is 0 Å². The maximum Gasteiger partial charge on any atom is 0.123 e. The lowest BCUT2D eigenvalue weighted by atomic mass is 10.0. The first-order chi connectivity index (χ1) is 9.47. The Morgan fingerprint density at radius 2 is 1.80 bits per heavy atom. The van der Waals surface area contributed by atoms with Crippen molar-refractivity contribution < 1.29 is 4.74 Å². The summed E-state index contributed by atoms with van der Waals surface area (Å²) in [4.78, 5) is 0. The van der Waals surface area contributed by atoms with E-state index in [0.717, 1.165) is 16.8 Å². The van der Waals surface area contributed by atoms with Crippen molar-refractivity contribution in [3.8, 4) is 5.75 Å². The summed E-state index contributed by atoms with van der Waals surface area (Å²) >= 11 is 3.53. The minimum absolute atomic E-state index is 0.175. The van der Waals surface area contributed by atoms with E-state index in [1.807, 2.05) is 6.07 Å². The van der Waals surface area contributed by atoms with E-state index in [2.05, 4.69) is 68.0 Å². The monoisotopic (exact) mass is 341 g/mol. The molecule has 0 fully saturated rings. The van der Waals surface area contributed by atoms with E-state index in [9.17, 15) is 0 Å². The number of hydrogen-bond acceptors (Lipinski definition) is 2. The van der Waals surface area contributed by atoms with Gasteiger partial charge >= 0.3 is 0 Å². The van der Waals surface area contributed by atoms with Gasteiger partial charge in [-0.05, 0) is 49.4 Å². The molecule has 0 saturated heterocycles. The third kappa shape index (κ3) is 5.45. The molecule has 1 N–H and O–H groups in total. The number of benzene rings is 1. The van der Waals surface area contributed by atoms with Gasteiger partial charge in [-0.2, -0.15) is 0 Å². The second kappa shape index (κ2) is 8.68. The standard InChI is InChI=1S/C17H28BrNO/c1-6-15(7-2)19-11-13(5)20-17-9-8-14(18)10-16(17)12(3)4/h8-10,12-13,15,19H,6-7,11H2,1-5H3. The first-order valence-corrected chi connectivity index (χ1v) is 8.46. The Morgan fingerprint density at radius 3 is 2.35 bits per heavy atom. The molecule has 0 aliphatic heterocycles. The Bertz CT molecular complexity index is 402. The van der Waals surface area contributed by atoms with Gasteiger partial charge < -0.3 is 10.1 Å². The molecule has 0 aromatic heterocycles. The number of halogens is 1. The lowest BCUT2D eigenvalue weighted by Gasteiger charge is -2.22. The minimum Gasteiger partial charge on any atom is -0.489 e. The third-order valence-corrected chi connectivity index (χ3v) is 4.09. The van der Waals surface area contributed by atoms with E-state index in [0.29, 0.717) is 12.0 Å². The van der Waals surface area contributed by atoms with Crippen molar-refractivity contribution in [2.45, 2.75) is 65.5 Å². The highest BCUT2D eigenvalue weighted by Crippen LogP contribution is 2.30. The van der Waals surface area contributed by atoms with Crippen LogP contribution in [-0.2, 0) is 0 Å². The van der Waals surface area contributed by atoms with Crippen molar-refractivity contribution in [1.82, 2.24) is 5.32 Å². The van der Waals surface area contributed by atoms with E-state index < -0.39 is 0 Å². The second-order valence-corrected chi connectivity index (χ2v) is 6.60. The maximum absolute atomic E-state index is 6.12. The summed E-state index contributed by atoms with van der Waals surface area (Å²) in [5.41, 5.74) is 1.26. The molecular weight excluding hydrogens is 314 g/mol. The zero-order chi connectivity index (χ0) is 15.1. The predicted molar refractivity (Wildman–Crippen MR) is 90.7 cm³/mol. The van der Waals surface area contributed by atoms with Crippen LogP contribution >= 0.6 is 15.9 Å². The van der Waals surface area contributed by atoms with Gasteiger partial charge in [-0.15, -0.1) is 0 Å². The first kappa shape index (κ1) is 17.5. The molecule has 1 unspecified atom stereocenters. The van der Waals surface area contributed by atoms with Crippen molar-refractivity contribution in [2.24, 2.45) is 0 Å². The van der Waals surface area contributed by atoms with E-state index in [1.54, 1.807) is 0 Å². The van der Waals surface area contributed by atoms with Gasteiger partial charge in [-0.1, -0.05) is 43.6 Å². The number of hydrogen-bond donors (Lipinski definition) is 1. The number of nitrogens with one attached hydrogen (secondary N) is 1. The van der Waals surface area contributed by atoms with Gasteiger partial charge in [0.25, 0.3) is 0 Å². The van der Waals surface area contributed by atoms with E-state index in [-0.39, 0.29) is 6.10 Å². The molecular formula is C17H28BrNO. The van der Waals surface area contributed by atoms with Crippen molar-refractivity contribution >= 4 is 15.9 Å². The third-order valence-electron chi connectivity index (χ3n) is 3.60. The fourth-order valence-electron chi connectivity index (χ4n) is 2.25. The van der Waals surface area contributed by atoms with Gasteiger partial charge in [0.15, 0.2) is 0 Å². The fraction of sp³-hybridized carbons (Fsp3) is 0.647. The smallest absolute Gasteiger partial charge is 0.123 e. The summed E-state index contributed by atoms with van der Waals surface area (Å²) in [6.07, 6.45) is 2.51. The second-order valence-electron chi connectivity index (χ2n) is 5.69. The van der Waals surface area contributed by atoms with Gasteiger partial charge in [0.2, 0.25) is 0 Å². The van der Waals surface area contributed by atoms with Crippen LogP contribution in [0.25, 0.3) is 0 Å².